The lowest BCUT2D eigenvalue weighted by Crippen LogP contribution is -2.04. The van der Waals surface area contributed by atoms with Crippen molar-refractivity contribution in [3.05, 3.63) is 30.1 Å². The fraction of sp³-hybridized carbons (Fsp3) is 0.353. The molecule has 2 aromatic heterocycles. The predicted molar refractivity (Wildman–Crippen MR) is 86.4 cm³/mol. The van der Waals surface area contributed by atoms with E-state index in [1.807, 2.05) is 6.20 Å². The smallest absolute Gasteiger partial charge is 0.231 e. The fourth-order valence-corrected chi connectivity index (χ4v) is 3.25. The number of aromatic nitrogens is 2. The second-order valence-corrected chi connectivity index (χ2v) is 5.66. The van der Waals surface area contributed by atoms with Crippen LogP contribution in [-0.2, 0) is 6.54 Å². The molecule has 0 saturated carbocycles. The van der Waals surface area contributed by atoms with Crippen LogP contribution in [0.25, 0.3) is 21.8 Å². The number of nitrogens with two attached hydrogens (primary N) is 1. The van der Waals surface area contributed by atoms with Crippen LogP contribution in [0.4, 0.5) is 0 Å². The van der Waals surface area contributed by atoms with E-state index >= 15 is 0 Å². The van der Waals surface area contributed by atoms with Gasteiger partial charge in [-0.15, -0.1) is 0 Å². The van der Waals surface area contributed by atoms with Gasteiger partial charge in [0.05, 0.1) is 16.7 Å². The third kappa shape index (κ3) is 1.93. The molecule has 1 aliphatic heterocycles. The largest absolute Gasteiger partial charge is 0.454 e. The molecule has 1 aromatic carbocycles. The number of nitrogens with zero attached hydrogens (tertiary/aromatic N) is 2. The average Bonchev–Trinajstić information content (AvgIpc) is 3.09. The Morgan fingerprint density at radius 2 is 2.00 bits per heavy atom. The number of benzene rings is 1. The van der Waals surface area contributed by atoms with Crippen molar-refractivity contribution >= 4 is 21.8 Å². The molecule has 114 valence electrons. The summed E-state index contributed by atoms with van der Waals surface area (Å²) >= 11 is 0. The minimum atomic E-state index is 0.299. The summed E-state index contributed by atoms with van der Waals surface area (Å²) in [4.78, 5) is 4.46. The van der Waals surface area contributed by atoms with Crippen LogP contribution in [0.2, 0.25) is 0 Å². The van der Waals surface area contributed by atoms with Crippen LogP contribution in [0.3, 0.4) is 0 Å². The summed E-state index contributed by atoms with van der Waals surface area (Å²) < 4.78 is 13.4. The highest BCUT2D eigenvalue weighted by Crippen LogP contribution is 2.40. The molecule has 2 N–H and O–H groups in total. The van der Waals surface area contributed by atoms with Gasteiger partial charge in [-0.1, -0.05) is 0 Å². The van der Waals surface area contributed by atoms with Crippen LogP contribution in [-0.4, -0.2) is 22.9 Å². The van der Waals surface area contributed by atoms with E-state index in [1.165, 1.54) is 21.8 Å². The van der Waals surface area contributed by atoms with Gasteiger partial charge in [-0.25, -0.2) is 0 Å². The zero-order chi connectivity index (χ0) is 15.1. The maximum atomic E-state index is 5.64. The Morgan fingerprint density at radius 3 is 2.82 bits per heavy atom. The number of pyridine rings is 1. The van der Waals surface area contributed by atoms with Crippen molar-refractivity contribution < 1.29 is 9.47 Å². The highest BCUT2D eigenvalue weighted by molar-refractivity contribution is 6.09. The van der Waals surface area contributed by atoms with E-state index in [0.717, 1.165) is 43.1 Å². The topological polar surface area (TPSA) is 62.3 Å². The first-order valence-corrected chi connectivity index (χ1v) is 7.67. The molecule has 5 nitrogen and oxygen atoms in total. The third-order valence-corrected chi connectivity index (χ3v) is 4.28. The molecule has 0 spiro atoms. The molecule has 0 unspecified atom stereocenters. The van der Waals surface area contributed by atoms with Crippen molar-refractivity contribution in [2.75, 3.05) is 13.3 Å². The molecule has 5 heteroatoms. The van der Waals surface area contributed by atoms with Gasteiger partial charge in [0.2, 0.25) is 6.79 Å². The van der Waals surface area contributed by atoms with Gasteiger partial charge in [0.25, 0.3) is 0 Å². The average molecular weight is 297 g/mol. The molecule has 0 radical (unpaired) electrons. The Labute approximate surface area is 128 Å². The lowest BCUT2D eigenvalue weighted by molar-refractivity contribution is 0.174. The lowest BCUT2D eigenvalue weighted by Gasteiger charge is -2.08. The van der Waals surface area contributed by atoms with Crippen molar-refractivity contribution in [1.82, 2.24) is 9.55 Å². The maximum Gasteiger partial charge on any atom is 0.231 e. The van der Waals surface area contributed by atoms with Crippen LogP contribution in [0.5, 0.6) is 11.5 Å². The van der Waals surface area contributed by atoms with Crippen molar-refractivity contribution in [2.24, 2.45) is 5.73 Å². The van der Waals surface area contributed by atoms with Crippen LogP contribution >= 0.6 is 0 Å². The van der Waals surface area contributed by atoms with E-state index < -0.39 is 0 Å². The molecule has 0 bridgehead atoms. The summed E-state index contributed by atoms with van der Waals surface area (Å²) in [5.74, 6) is 1.64. The van der Waals surface area contributed by atoms with E-state index in [0.29, 0.717) is 6.79 Å². The van der Waals surface area contributed by atoms with Crippen LogP contribution in [0.1, 0.15) is 18.5 Å². The van der Waals surface area contributed by atoms with Crippen molar-refractivity contribution in [3.63, 3.8) is 0 Å². The number of rotatable bonds is 4. The molecule has 0 atom stereocenters. The highest BCUT2D eigenvalue weighted by atomic mass is 16.7. The van der Waals surface area contributed by atoms with E-state index in [9.17, 15) is 0 Å². The van der Waals surface area contributed by atoms with Gasteiger partial charge in [-0.3, -0.25) is 4.98 Å². The van der Waals surface area contributed by atoms with Gasteiger partial charge in [-0.2, -0.15) is 0 Å². The lowest BCUT2D eigenvalue weighted by atomic mass is 10.1. The monoisotopic (exact) mass is 297 g/mol. The van der Waals surface area contributed by atoms with Crippen molar-refractivity contribution in [1.29, 1.82) is 0 Å². The van der Waals surface area contributed by atoms with Gasteiger partial charge in [-0.05, 0) is 38.4 Å². The van der Waals surface area contributed by atoms with E-state index in [2.05, 4.69) is 34.7 Å². The first-order chi connectivity index (χ1) is 10.8. The predicted octanol–water partition coefficient (Wildman–Crippen LogP) is 2.97. The Kier molecular flexibility index (Phi) is 3.15. The van der Waals surface area contributed by atoms with E-state index in [4.69, 9.17) is 15.2 Å². The zero-order valence-corrected chi connectivity index (χ0v) is 12.6. The number of hydrogen-bond donors (Lipinski definition) is 1. The van der Waals surface area contributed by atoms with E-state index in [-0.39, 0.29) is 0 Å². The summed E-state index contributed by atoms with van der Waals surface area (Å²) in [5.41, 5.74) is 9.05. The van der Waals surface area contributed by atoms with Crippen LogP contribution < -0.4 is 15.2 Å². The molecule has 0 amide bonds. The second kappa shape index (κ2) is 5.18. The van der Waals surface area contributed by atoms with Crippen molar-refractivity contribution in [3.8, 4) is 11.5 Å². The summed E-state index contributed by atoms with van der Waals surface area (Å²) in [6.45, 7) is 4.01. The molecule has 3 heterocycles. The molecule has 0 fully saturated rings. The second-order valence-electron chi connectivity index (χ2n) is 5.66. The summed E-state index contributed by atoms with van der Waals surface area (Å²) in [6, 6.07) is 6.24. The van der Waals surface area contributed by atoms with Gasteiger partial charge >= 0.3 is 0 Å². The van der Waals surface area contributed by atoms with Gasteiger partial charge in [0.15, 0.2) is 11.5 Å². The molecule has 4 rings (SSSR count). The zero-order valence-electron chi connectivity index (χ0n) is 12.6. The minimum Gasteiger partial charge on any atom is -0.454 e. The molecule has 0 saturated heterocycles. The molecular weight excluding hydrogens is 278 g/mol. The standard InChI is InChI=1S/C17H19N3O2/c1-11-17-12(4-6-19-11)13-8-15-16(22-10-21-15)9-14(13)20(17)7-3-2-5-18/h4,6,8-9H,2-3,5,7,10,18H2,1H3. The first kappa shape index (κ1) is 13.4. The Morgan fingerprint density at radius 1 is 1.18 bits per heavy atom. The SMILES string of the molecule is Cc1nccc2c3cc4c(cc3n(CCCCN)c12)OCO4. The number of aryl methyl sites for hydroxylation is 2. The van der Waals surface area contributed by atoms with Gasteiger partial charge in [0.1, 0.15) is 0 Å². The number of fused-ring (bicyclic) bond motifs is 4. The van der Waals surface area contributed by atoms with Crippen molar-refractivity contribution in [2.45, 2.75) is 26.3 Å². The summed E-state index contributed by atoms with van der Waals surface area (Å²) in [7, 11) is 0. The molecule has 0 aliphatic carbocycles. The number of unbranched alkanes of at least 4 members (excludes halogenated alkanes) is 1. The van der Waals surface area contributed by atoms with Crippen LogP contribution in [0, 0.1) is 6.92 Å². The fourth-order valence-electron chi connectivity index (χ4n) is 3.25. The summed E-state index contributed by atoms with van der Waals surface area (Å²) in [6.07, 6.45) is 3.94. The highest BCUT2D eigenvalue weighted by Gasteiger charge is 2.19. The molecule has 22 heavy (non-hydrogen) atoms. The normalized spacial score (nSPS) is 13.4. The van der Waals surface area contributed by atoms with Crippen LogP contribution in [0.15, 0.2) is 24.4 Å². The van der Waals surface area contributed by atoms with E-state index in [1.54, 1.807) is 0 Å². The third-order valence-electron chi connectivity index (χ3n) is 4.28. The Balaban J connectivity index is 1.99. The molecule has 3 aromatic rings. The summed E-state index contributed by atoms with van der Waals surface area (Å²) in [5, 5.41) is 2.41. The number of ether oxygens (including phenoxy) is 2. The van der Waals surface area contributed by atoms with Gasteiger partial charge < -0.3 is 19.8 Å². The Hall–Kier alpha value is -2.27. The minimum absolute atomic E-state index is 0.299. The molecule has 1 aliphatic rings. The Bertz CT molecular complexity index is 854. The quantitative estimate of drug-likeness (QED) is 0.752. The molecular formula is C17H19N3O2. The van der Waals surface area contributed by atoms with Gasteiger partial charge in [0, 0.05) is 29.6 Å². The number of hydrogen-bond acceptors (Lipinski definition) is 4. The maximum absolute atomic E-state index is 5.64. The first-order valence-electron chi connectivity index (χ1n) is 7.67.